The van der Waals surface area contributed by atoms with Gasteiger partial charge in [0.15, 0.2) is 5.82 Å². The predicted octanol–water partition coefficient (Wildman–Crippen LogP) is 6.13. The molecule has 1 aliphatic rings. The minimum absolute atomic E-state index is 0.0358. The maximum absolute atomic E-state index is 14.3. The molecule has 4 aromatic rings. The standard InChI is InChI=1S/C33H42N6O3/c1-5-9-15-28-27(31(40)39-29(16-12-21-38(28)39)33(6-2,7-3)32(41)42-8-4)22-23-17-19-24(20-18-23)25-13-10-11-14-26(25)30-34-36-37-35-30/h10-11,13-14,17-20,29H,5-9,12,15-16,21-22H2,1-4H3,(H,34,35,36,37). The molecule has 0 saturated carbocycles. The molecule has 0 saturated heterocycles. The van der Waals surface area contributed by atoms with E-state index in [4.69, 9.17) is 4.74 Å². The molecule has 2 aromatic carbocycles. The Balaban J connectivity index is 1.53. The second kappa shape index (κ2) is 12.9. The van der Waals surface area contributed by atoms with E-state index in [-0.39, 0.29) is 17.6 Å². The van der Waals surface area contributed by atoms with Gasteiger partial charge >= 0.3 is 5.97 Å². The summed E-state index contributed by atoms with van der Waals surface area (Å²) in [5, 5.41) is 14.4. The lowest BCUT2D eigenvalue weighted by Crippen LogP contribution is -2.47. The van der Waals surface area contributed by atoms with Crippen molar-refractivity contribution in [3.8, 4) is 22.5 Å². The van der Waals surface area contributed by atoms with Gasteiger partial charge in [0.25, 0.3) is 5.56 Å². The van der Waals surface area contributed by atoms with Crippen molar-refractivity contribution < 1.29 is 9.53 Å². The maximum atomic E-state index is 14.3. The van der Waals surface area contributed by atoms with Crippen LogP contribution in [0.1, 0.15) is 89.1 Å². The van der Waals surface area contributed by atoms with Crippen LogP contribution in [-0.2, 0) is 28.9 Å². The summed E-state index contributed by atoms with van der Waals surface area (Å²) in [5.74, 6) is 0.436. The molecule has 0 radical (unpaired) electrons. The molecule has 222 valence electrons. The molecule has 0 spiro atoms. The lowest BCUT2D eigenvalue weighted by atomic mass is 9.73. The van der Waals surface area contributed by atoms with Gasteiger partial charge in [0.1, 0.15) is 0 Å². The van der Waals surface area contributed by atoms with E-state index in [0.717, 1.165) is 72.2 Å². The highest BCUT2D eigenvalue weighted by molar-refractivity contribution is 5.80. The molecular weight excluding hydrogens is 528 g/mol. The van der Waals surface area contributed by atoms with Gasteiger partial charge in [-0.1, -0.05) is 75.7 Å². The number of carbonyl (C=O) groups excluding carboxylic acids is 1. The Kier molecular flexibility index (Phi) is 9.04. The van der Waals surface area contributed by atoms with Crippen LogP contribution in [0.25, 0.3) is 22.5 Å². The first kappa shape index (κ1) is 29.5. The topological polar surface area (TPSA) is 108 Å². The third-order valence-electron chi connectivity index (χ3n) is 9.05. The van der Waals surface area contributed by atoms with Crippen molar-refractivity contribution in [2.75, 3.05) is 6.61 Å². The third-order valence-corrected chi connectivity index (χ3v) is 9.05. The van der Waals surface area contributed by atoms with Crippen LogP contribution in [0, 0.1) is 5.41 Å². The summed E-state index contributed by atoms with van der Waals surface area (Å²) in [6.07, 6.45) is 6.47. The number of H-pyrrole nitrogens is 1. The predicted molar refractivity (Wildman–Crippen MR) is 163 cm³/mol. The van der Waals surface area contributed by atoms with E-state index in [0.29, 0.717) is 31.7 Å². The molecule has 5 rings (SSSR count). The first-order chi connectivity index (χ1) is 20.5. The largest absolute Gasteiger partial charge is 0.466 e. The number of tetrazole rings is 1. The van der Waals surface area contributed by atoms with Gasteiger partial charge in [-0.15, -0.1) is 5.10 Å². The van der Waals surface area contributed by atoms with Crippen LogP contribution in [0.3, 0.4) is 0 Å². The molecule has 42 heavy (non-hydrogen) atoms. The minimum Gasteiger partial charge on any atom is -0.466 e. The number of unbranched alkanes of at least 4 members (excludes halogenated alkanes) is 1. The Morgan fingerprint density at radius 1 is 1.05 bits per heavy atom. The summed E-state index contributed by atoms with van der Waals surface area (Å²) in [7, 11) is 0. The number of nitrogens with zero attached hydrogens (tertiary/aromatic N) is 5. The summed E-state index contributed by atoms with van der Waals surface area (Å²) in [6.45, 7) is 9.25. The van der Waals surface area contributed by atoms with Crippen LogP contribution in [0.15, 0.2) is 53.3 Å². The van der Waals surface area contributed by atoms with Crippen LogP contribution < -0.4 is 5.56 Å². The number of rotatable bonds is 12. The summed E-state index contributed by atoms with van der Waals surface area (Å²) in [6, 6.07) is 16.2. The van der Waals surface area contributed by atoms with E-state index in [2.05, 4.69) is 62.6 Å². The van der Waals surface area contributed by atoms with E-state index in [1.165, 1.54) is 0 Å². The zero-order valence-electron chi connectivity index (χ0n) is 25.2. The van der Waals surface area contributed by atoms with E-state index in [1.807, 2.05) is 43.7 Å². The Labute approximate surface area is 247 Å². The molecule has 9 heteroatoms. The Hall–Kier alpha value is -4.01. The first-order valence-corrected chi connectivity index (χ1v) is 15.4. The summed E-state index contributed by atoms with van der Waals surface area (Å²) < 4.78 is 9.74. The van der Waals surface area contributed by atoms with Gasteiger partial charge in [-0.3, -0.25) is 14.3 Å². The molecule has 1 N–H and O–H groups in total. The molecule has 1 unspecified atom stereocenters. The van der Waals surface area contributed by atoms with Gasteiger partial charge in [-0.05, 0) is 72.6 Å². The number of aromatic nitrogens is 6. The summed E-state index contributed by atoms with van der Waals surface area (Å²) in [4.78, 5) is 27.7. The molecule has 0 amide bonds. The molecule has 0 aliphatic carbocycles. The number of ether oxygens (including phenoxy) is 1. The third kappa shape index (κ3) is 5.32. The number of nitrogens with one attached hydrogen (secondary N) is 1. The van der Waals surface area contributed by atoms with Crippen molar-refractivity contribution in [1.82, 2.24) is 30.0 Å². The normalized spacial score (nSPS) is 15.0. The molecular formula is C33H42N6O3. The van der Waals surface area contributed by atoms with Gasteiger partial charge < -0.3 is 4.74 Å². The van der Waals surface area contributed by atoms with Gasteiger partial charge in [-0.25, -0.2) is 9.78 Å². The van der Waals surface area contributed by atoms with Gasteiger partial charge in [0.2, 0.25) is 0 Å². The van der Waals surface area contributed by atoms with E-state index < -0.39 is 5.41 Å². The van der Waals surface area contributed by atoms with Crippen molar-refractivity contribution in [2.45, 2.75) is 91.6 Å². The van der Waals surface area contributed by atoms with Crippen LogP contribution in [0.2, 0.25) is 0 Å². The highest BCUT2D eigenvalue weighted by Gasteiger charge is 2.48. The molecule has 1 aliphatic heterocycles. The smallest absolute Gasteiger partial charge is 0.314 e. The van der Waals surface area contributed by atoms with Crippen molar-refractivity contribution in [2.24, 2.45) is 5.41 Å². The van der Waals surface area contributed by atoms with Crippen LogP contribution >= 0.6 is 0 Å². The van der Waals surface area contributed by atoms with Crippen molar-refractivity contribution in [1.29, 1.82) is 0 Å². The molecule has 0 bridgehead atoms. The number of carbonyl (C=O) groups is 1. The summed E-state index contributed by atoms with van der Waals surface area (Å²) in [5.41, 5.74) is 5.37. The van der Waals surface area contributed by atoms with Crippen molar-refractivity contribution in [3.05, 3.63) is 75.7 Å². The van der Waals surface area contributed by atoms with Gasteiger partial charge in [0.05, 0.1) is 18.1 Å². The number of hydrogen-bond donors (Lipinski definition) is 1. The van der Waals surface area contributed by atoms with Gasteiger partial charge in [0, 0.05) is 29.8 Å². The second-order valence-corrected chi connectivity index (χ2v) is 11.2. The average Bonchev–Trinajstić information content (AvgIpc) is 3.65. The monoisotopic (exact) mass is 570 g/mol. The number of hydrogen-bond acceptors (Lipinski definition) is 6. The minimum atomic E-state index is -0.719. The van der Waals surface area contributed by atoms with Crippen LogP contribution in [-0.4, -0.2) is 42.6 Å². The molecule has 1 atom stereocenters. The lowest BCUT2D eigenvalue weighted by molar-refractivity contribution is -0.160. The fraction of sp³-hybridized carbons (Fsp3) is 0.485. The van der Waals surface area contributed by atoms with E-state index in [1.54, 1.807) is 0 Å². The number of aromatic amines is 1. The van der Waals surface area contributed by atoms with Crippen molar-refractivity contribution in [3.63, 3.8) is 0 Å². The maximum Gasteiger partial charge on any atom is 0.314 e. The number of esters is 1. The zero-order chi connectivity index (χ0) is 29.7. The molecule has 3 heterocycles. The Morgan fingerprint density at radius 2 is 1.79 bits per heavy atom. The van der Waals surface area contributed by atoms with Crippen LogP contribution in [0.4, 0.5) is 0 Å². The van der Waals surface area contributed by atoms with E-state index >= 15 is 0 Å². The highest BCUT2D eigenvalue weighted by atomic mass is 16.5. The fourth-order valence-corrected chi connectivity index (χ4v) is 6.72. The quantitative estimate of drug-likeness (QED) is 0.205. The Bertz CT molecular complexity index is 1550. The van der Waals surface area contributed by atoms with Crippen molar-refractivity contribution >= 4 is 5.97 Å². The molecule has 0 fully saturated rings. The van der Waals surface area contributed by atoms with Crippen LogP contribution in [0.5, 0.6) is 0 Å². The number of fused-ring (bicyclic) bond motifs is 1. The first-order valence-electron chi connectivity index (χ1n) is 15.4. The average molecular weight is 571 g/mol. The van der Waals surface area contributed by atoms with Gasteiger partial charge in [-0.2, -0.15) is 0 Å². The second-order valence-electron chi connectivity index (χ2n) is 11.2. The fourth-order valence-electron chi connectivity index (χ4n) is 6.72. The summed E-state index contributed by atoms with van der Waals surface area (Å²) >= 11 is 0. The molecule has 2 aromatic heterocycles. The zero-order valence-corrected chi connectivity index (χ0v) is 25.2. The number of benzene rings is 2. The molecule has 9 nitrogen and oxygen atoms in total. The highest BCUT2D eigenvalue weighted by Crippen LogP contribution is 2.44. The van der Waals surface area contributed by atoms with E-state index in [9.17, 15) is 9.59 Å². The SMILES string of the molecule is CCCCc1c(Cc2ccc(-c3ccccc3-c3nnn[nH]3)cc2)c(=O)n2n1CCCC2C(CC)(CC)C(=O)OCC. The Morgan fingerprint density at radius 3 is 2.43 bits per heavy atom. The lowest BCUT2D eigenvalue weighted by Gasteiger charge is -2.41.